The van der Waals surface area contributed by atoms with E-state index in [0.29, 0.717) is 17.8 Å². The van der Waals surface area contributed by atoms with Crippen molar-refractivity contribution >= 4 is 18.1 Å². The Morgan fingerprint density at radius 3 is 2.17 bits per heavy atom. The van der Waals surface area contributed by atoms with E-state index in [2.05, 4.69) is 10.6 Å². The Morgan fingerprint density at radius 2 is 1.59 bits per heavy atom. The molecule has 29 heavy (non-hydrogen) atoms. The average Bonchev–Trinajstić information content (AvgIpc) is 2.77. The lowest BCUT2D eigenvalue weighted by Crippen LogP contribution is -2.39. The van der Waals surface area contributed by atoms with E-state index < -0.39 is 18.1 Å². The fraction of sp³-hybridized carbons (Fsp3) is 0.217. The zero-order valence-corrected chi connectivity index (χ0v) is 16.8. The number of alkyl carbamates (subject to hydrolysis) is 1. The quantitative estimate of drug-likeness (QED) is 0.528. The van der Waals surface area contributed by atoms with Gasteiger partial charge in [0, 0.05) is 12.2 Å². The third-order valence-electron chi connectivity index (χ3n) is 4.26. The number of hydrogen-bond acceptors (Lipinski definition) is 5. The molecule has 2 aromatic carbocycles. The third kappa shape index (κ3) is 6.84. The van der Waals surface area contributed by atoms with Gasteiger partial charge in [-0.3, -0.25) is 0 Å². The molecule has 0 aliphatic carbocycles. The number of esters is 1. The topological polar surface area (TPSA) is 76.7 Å². The highest BCUT2D eigenvalue weighted by molar-refractivity contribution is 5.92. The van der Waals surface area contributed by atoms with Crippen LogP contribution in [0.3, 0.4) is 0 Å². The molecule has 1 amide bonds. The molecule has 0 fully saturated rings. The molecule has 0 bridgehead atoms. The van der Waals surface area contributed by atoms with Crippen LogP contribution in [0.15, 0.2) is 78.0 Å². The van der Waals surface area contributed by atoms with Crippen LogP contribution in [0.25, 0.3) is 6.08 Å². The summed E-state index contributed by atoms with van der Waals surface area (Å²) in [5, 5.41) is 5.92. The number of rotatable bonds is 8. The number of nitrogens with one attached hydrogen (secondary N) is 2. The van der Waals surface area contributed by atoms with Gasteiger partial charge in [-0.2, -0.15) is 0 Å². The third-order valence-corrected chi connectivity index (χ3v) is 4.26. The molecule has 6 nitrogen and oxygen atoms in total. The number of carbonyl (C=O) groups is 2. The Hall–Kier alpha value is -3.54. The molecular weight excluding hydrogens is 368 g/mol. The first-order chi connectivity index (χ1) is 14.0. The van der Waals surface area contributed by atoms with E-state index in [0.717, 1.165) is 11.1 Å². The van der Waals surface area contributed by atoms with Gasteiger partial charge in [-0.05, 0) is 18.1 Å². The lowest BCUT2D eigenvalue weighted by molar-refractivity contribution is -0.136. The summed E-state index contributed by atoms with van der Waals surface area (Å²) in [6.07, 6.45) is 2.91. The van der Waals surface area contributed by atoms with Gasteiger partial charge in [-0.25, -0.2) is 9.59 Å². The van der Waals surface area contributed by atoms with Crippen LogP contribution >= 0.6 is 0 Å². The second kappa shape index (κ2) is 11.3. The standard InChI is InChI=1S/C23H26N2O4/c1-17(24-16-19-12-8-5-9-13-19)21(22(26)28-2)20(25-23(27)29-3)15-14-18-10-6-4-7-11-18/h4-15,20,24H,16H2,1-3H3,(H,25,27)/b15-14+,21-17-/t20-/m0/s1. The molecule has 2 rings (SSSR count). The zero-order valence-electron chi connectivity index (χ0n) is 16.8. The molecule has 2 N–H and O–H groups in total. The zero-order chi connectivity index (χ0) is 21.1. The highest BCUT2D eigenvalue weighted by Crippen LogP contribution is 2.14. The van der Waals surface area contributed by atoms with Crippen LogP contribution in [0.2, 0.25) is 0 Å². The molecule has 0 aromatic heterocycles. The van der Waals surface area contributed by atoms with Crippen molar-refractivity contribution in [1.82, 2.24) is 10.6 Å². The van der Waals surface area contributed by atoms with Crippen molar-refractivity contribution in [2.24, 2.45) is 0 Å². The molecule has 0 radical (unpaired) electrons. The normalized spacial score (nSPS) is 12.7. The van der Waals surface area contributed by atoms with Crippen molar-refractivity contribution in [2.45, 2.75) is 19.5 Å². The SMILES string of the molecule is COC(=O)N[C@@H](/C=C/c1ccccc1)/C(C(=O)OC)=C(\C)NCc1ccccc1. The molecule has 0 spiro atoms. The minimum atomic E-state index is -0.738. The Bertz CT molecular complexity index is 861. The molecule has 1 atom stereocenters. The number of ether oxygens (including phenoxy) is 2. The largest absolute Gasteiger partial charge is 0.466 e. The van der Waals surface area contributed by atoms with Gasteiger partial charge in [0.25, 0.3) is 0 Å². The molecule has 0 saturated heterocycles. The fourth-order valence-electron chi connectivity index (χ4n) is 2.72. The van der Waals surface area contributed by atoms with Gasteiger partial charge in [-0.15, -0.1) is 0 Å². The van der Waals surface area contributed by atoms with Crippen molar-refractivity contribution < 1.29 is 19.1 Å². The van der Waals surface area contributed by atoms with Crippen molar-refractivity contribution in [2.75, 3.05) is 14.2 Å². The predicted molar refractivity (Wildman–Crippen MR) is 113 cm³/mol. The number of amides is 1. The number of allylic oxidation sites excluding steroid dienone is 1. The molecule has 0 heterocycles. The van der Waals surface area contributed by atoms with Gasteiger partial charge >= 0.3 is 12.1 Å². The Kier molecular flexibility index (Phi) is 8.51. The summed E-state index contributed by atoms with van der Waals surface area (Å²) < 4.78 is 9.70. The van der Waals surface area contributed by atoms with E-state index in [9.17, 15) is 9.59 Å². The smallest absolute Gasteiger partial charge is 0.407 e. The number of carbonyl (C=O) groups excluding carboxylic acids is 2. The Labute approximate surface area is 171 Å². The fourth-order valence-corrected chi connectivity index (χ4v) is 2.72. The van der Waals surface area contributed by atoms with Gasteiger partial charge < -0.3 is 20.1 Å². The highest BCUT2D eigenvalue weighted by atomic mass is 16.5. The Balaban J connectivity index is 2.33. The van der Waals surface area contributed by atoms with Gasteiger partial charge in [0.05, 0.1) is 25.8 Å². The summed E-state index contributed by atoms with van der Waals surface area (Å²) in [7, 11) is 2.58. The highest BCUT2D eigenvalue weighted by Gasteiger charge is 2.24. The maximum Gasteiger partial charge on any atom is 0.407 e. The van der Waals surface area contributed by atoms with E-state index in [-0.39, 0.29) is 0 Å². The minimum Gasteiger partial charge on any atom is -0.466 e. The predicted octanol–water partition coefficient (Wildman–Crippen LogP) is 3.66. The van der Waals surface area contributed by atoms with E-state index in [1.165, 1.54) is 14.2 Å². The van der Waals surface area contributed by atoms with Crippen LogP contribution < -0.4 is 10.6 Å². The molecule has 0 aliphatic rings. The average molecular weight is 394 g/mol. The molecule has 0 saturated carbocycles. The second-order valence-electron chi connectivity index (χ2n) is 6.25. The first-order valence-corrected chi connectivity index (χ1v) is 9.19. The van der Waals surface area contributed by atoms with Crippen molar-refractivity contribution in [3.63, 3.8) is 0 Å². The summed E-state index contributed by atoms with van der Waals surface area (Å²) >= 11 is 0. The summed E-state index contributed by atoms with van der Waals surface area (Å²) in [6.45, 7) is 2.30. The van der Waals surface area contributed by atoms with Crippen LogP contribution in [0.5, 0.6) is 0 Å². The number of benzene rings is 2. The van der Waals surface area contributed by atoms with Gasteiger partial charge in [0.15, 0.2) is 0 Å². The molecule has 0 unspecified atom stereocenters. The maximum absolute atomic E-state index is 12.5. The van der Waals surface area contributed by atoms with Gasteiger partial charge in [0.1, 0.15) is 0 Å². The maximum atomic E-state index is 12.5. The van der Waals surface area contributed by atoms with E-state index in [1.807, 2.05) is 66.7 Å². The van der Waals surface area contributed by atoms with Gasteiger partial charge in [0.2, 0.25) is 0 Å². The summed E-state index contributed by atoms with van der Waals surface area (Å²) in [5.74, 6) is -0.540. The molecule has 2 aromatic rings. The summed E-state index contributed by atoms with van der Waals surface area (Å²) in [6, 6.07) is 18.6. The van der Waals surface area contributed by atoms with E-state index >= 15 is 0 Å². The number of methoxy groups -OCH3 is 2. The van der Waals surface area contributed by atoms with Crippen LogP contribution in [0.1, 0.15) is 18.1 Å². The first kappa shape index (κ1) is 21.8. The van der Waals surface area contributed by atoms with Crippen LogP contribution in [-0.4, -0.2) is 32.3 Å². The summed E-state index contributed by atoms with van der Waals surface area (Å²) in [5.41, 5.74) is 2.89. The molecule has 6 heteroatoms. The lowest BCUT2D eigenvalue weighted by atomic mass is 10.0. The molecular formula is C23H26N2O4. The van der Waals surface area contributed by atoms with Crippen LogP contribution in [0, 0.1) is 0 Å². The van der Waals surface area contributed by atoms with E-state index in [4.69, 9.17) is 9.47 Å². The molecule has 152 valence electrons. The minimum absolute atomic E-state index is 0.293. The van der Waals surface area contributed by atoms with Gasteiger partial charge in [-0.1, -0.05) is 72.8 Å². The molecule has 0 aliphatic heterocycles. The van der Waals surface area contributed by atoms with Crippen LogP contribution in [0.4, 0.5) is 4.79 Å². The van der Waals surface area contributed by atoms with Crippen molar-refractivity contribution in [1.29, 1.82) is 0 Å². The number of hydrogen-bond donors (Lipinski definition) is 2. The van der Waals surface area contributed by atoms with E-state index in [1.54, 1.807) is 13.0 Å². The van der Waals surface area contributed by atoms with Crippen molar-refractivity contribution in [3.8, 4) is 0 Å². The van der Waals surface area contributed by atoms with Crippen molar-refractivity contribution in [3.05, 3.63) is 89.1 Å². The first-order valence-electron chi connectivity index (χ1n) is 9.19. The summed E-state index contributed by atoms with van der Waals surface area (Å²) in [4.78, 5) is 24.4. The lowest BCUT2D eigenvalue weighted by Gasteiger charge is -2.20. The van der Waals surface area contributed by atoms with Crippen LogP contribution in [-0.2, 0) is 20.8 Å². The monoisotopic (exact) mass is 394 g/mol. The Morgan fingerprint density at radius 1 is 0.966 bits per heavy atom. The second-order valence-corrected chi connectivity index (χ2v) is 6.25.